The van der Waals surface area contributed by atoms with Crippen molar-refractivity contribution in [3.8, 4) is 0 Å². The summed E-state index contributed by atoms with van der Waals surface area (Å²) in [5.41, 5.74) is 11.1. The summed E-state index contributed by atoms with van der Waals surface area (Å²) in [5, 5.41) is 0.872. The molecule has 0 saturated carbocycles. The van der Waals surface area contributed by atoms with Crippen LogP contribution in [-0.4, -0.2) is 15.7 Å². The molecule has 0 aliphatic heterocycles. The fourth-order valence-corrected chi connectivity index (χ4v) is 2.16. The third-order valence-corrected chi connectivity index (χ3v) is 2.99. The van der Waals surface area contributed by atoms with Gasteiger partial charge < -0.3 is 11.5 Å². The summed E-state index contributed by atoms with van der Waals surface area (Å²) in [5.74, 6) is 1.76. The quantitative estimate of drug-likeness (QED) is 0.442. The highest BCUT2D eigenvalue weighted by molar-refractivity contribution is 7.99. The van der Waals surface area contributed by atoms with Crippen molar-refractivity contribution in [2.24, 2.45) is 0 Å². The van der Waals surface area contributed by atoms with Gasteiger partial charge in [0.25, 0.3) is 0 Å². The van der Waals surface area contributed by atoms with Crippen LogP contribution in [-0.2, 0) is 0 Å². The number of aromatic nitrogens is 2. The Morgan fingerprint density at radius 2 is 2.00 bits per heavy atom. The molecule has 1 heterocycles. The Morgan fingerprint density at radius 3 is 2.67 bits per heavy atom. The number of unbranched alkanes of at least 4 members (excludes halogenated alkanes) is 3. The molecule has 0 aromatic carbocycles. The lowest BCUT2D eigenvalue weighted by molar-refractivity contribution is 0.706. The molecular formula is C10H18N4S. The Morgan fingerprint density at radius 1 is 1.20 bits per heavy atom. The van der Waals surface area contributed by atoms with Gasteiger partial charge in [-0.15, -0.1) is 11.8 Å². The van der Waals surface area contributed by atoms with Crippen molar-refractivity contribution in [2.45, 2.75) is 37.6 Å². The smallest absolute Gasteiger partial charge is 0.223 e. The minimum Gasteiger partial charge on any atom is -0.383 e. The van der Waals surface area contributed by atoms with Crippen molar-refractivity contribution >= 4 is 23.5 Å². The van der Waals surface area contributed by atoms with E-state index in [4.69, 9.17) is 11.5 Å². The molecule has 0 atom stereocenters. The van der Waals surface area contributed by atoms with Crippen LogP contribution in [0.2, 0.25) is 0 Å². The normalized spacial score (nSPS) is 10.5. The molecule has 0 aliphatic carbocycles. The van der Waals surface area contributed by atoms with E-state index in [0.717, 1.165) is 10.8 Å². The molecule has 4 N–H and O–H groups in total. The van der Waals surface area contributed by atoms with Crippen LogP contribution in [0.25, 0.3) is 0 Å². The zero-order valence-corrected chi connectivity index (χ0v) is 9.89. The maximum atomic E-state index is 5.57. The lowest BCUT2D eigenvalue weighted by atomic mass is 10.2. The van der Waals surface area contributed by atoms with Crippen LogP contribution in [0, 0.1) is 0 Å². The van der Waals surface area contributed by atoms with Gasteiger partial charge in [-0.1, -0.05) is 26.2 Å². The van der Waals surface area contributed by atoms with Crippen LogP contribution in [0.3, 0.4) is 0 Å². The highest BCUT2D eigenvalue weighted by Gasteiger charge is 2.00. The number of thioether (sulfide) groups is 1. The van der Waals surface area contributed by atoms with E-state index < -0.39 is 0 Å². The van der Waals surface area contributed by atoms with E-state index in [1.54, 1.807) is 17.8 Å². The summed E-state index contributed by atoms with van der Waals surface area (Å²) in [6.07, 6.45) is 5.05. The molecule has 0 saturated heterocycles. The molecule has 4 nitrogen and oxygen atoms in total. The minimum absolute atomic E-state index is 0.256. The molecule has 0 unspecified atom stereocenters. The lowest BCUT2D eigenvalue weighted by Gasteiger charge is -2.02. The first kappa shape index (κ1) is 12.1. The summed E-state index contributed by atoms with van der Waals surface area (Å²) in [7, 11) is 0. The summed E-state index contributed by atoms with van der Waals surface area (Å²) in [6.45, 7) is 2.21. The van der Waals surface area contributed by atoms with E-state index in [2.05, 4.69) is 16.9 Å². The van der Waals surface area contributed by atoms with Gasteiger partial charge in [0, 0.05) is 6.07 Å². The number of hydrogen-bond donors (Lipinski definition) is 2. The van der Waals surface area contributed by atoms with Gasteiger partial charge in [-0.2, -0.15) is 4.98 Å². The third kappa shape index (κ3) is 4.88. The highest BCUT2D eigenvalue weighted by atomic mass is 32.2. The second-order valence-corrected chi connectivity index (χ2v) is 4.51. The molecular weight excluding hydrogens is 208 g/mol. The standard InChI is InChI=1S/C10H18N4S/c1-2-3-4-5-6-15-9-7-8(11)13-10(12)14-9/h7H,2-6H2,1H3,(H4,11,12,13,14). The molecule has 0 amide bonds. The Bertz CT molecular complexity index is 283. The summed E-state index contributed by atoms with van der Waals surface area (Å²) >= 11 is 1.69. The number of hydrogen-bond acceptors (Lipinski definition) is 5. The van der Waals surface area contributed by atoms with E-state index in [-0.39, 0.29) is 5.95 Å². The first-order valence-corrected chi connectivity index (χ1v) is 6.23. The van der Waals surface area contributed by atoms with Gasteiger partial charge in [0.05, 0.1) is 0 Å². The van der Waals surface area contributed by atoms with Crippen LogP contribution in [0.4, 0.5) is 11.8 Å². The number of nitrogen functional groups attached to an aromatic ring is 2. The van der Waals surface area contributed by atoms with Crippen molar-refractivity contribution in [1.29, 1.82) is 0 Å². The van der Waals surface area contributed by atoms with Crippen molar-refractivity contribution in [1.82, 2.24) is 9.97 Å². The van der Waals surface area contributed by atoms with E-state index in [0.29, 0.717) is 5.82 Å². The molecule has 1 rings (SSSR count). The molecule has 0 radical (unpaired) electrons. The average Bonchev–Trinajstić information content (AvgIpc) is 2.16. The second kappa shape index (κ2) is 6.50. The molecule has 5 heteroatoms. The van der Waals surface area contributed by atoms with Crippen LogP contribution in [0.15, 0.2) is 11.1 Å². The fourth-order valence-electron chi connectivity index (χ4n) is 1.24. The first-order chi connectivity index (χ1) is 7.22. The zero-order valence-electron chi connectivity index (χ0n) is 9.07. The van der Waals surface area contributed by atoms with Gasteiger partial charge in [-0.25, -0.2) is 4.98 Å². The topological polar surface area (TPSA) is 77.8 Å². The van der Waals surface area contributed by atoms with Crippen LogP contribution < -0.4 is 11.5 Å². The fraction of sp³-hybridized carbons (Fsp3) is 0.600. The maximum absolute atomic E-state index is 5.57. The van der Waals surface area contributed by atoms with Crippen LogP contribution in [0.1, 0.15) is 32.6 Å². The van der Waals surface area contributed by atoms with Crippen molar-refractivity contribution < 1.29 is 0 Å². The van der Waals surface area contributed by atoms with Gasteiger partial charge >= 0.3 is 0 Å². The van der Waals surface area contributed by atoms with Gasteiger partial charge in [-0.05, 0) is 12.2 Å². The molecule has 0 fully saturated rings. The molecule has 84 valence electrons. The van der Waals surface area contributed by atoms with Gasteiger partial charge in [0.15, 0.2) is 0 Å². The summed E-state index contributed by atoms with van der Waals surface area (Å²) in [4.78, 5) is 7.92. The number of anilines is 2. The number of rotatable bonds is 6. The van der Waals surface area contributed by atoms with Crippen molar-refractivity contribution in [2.75, 3.05) is 17.2 Å². The molecule has 0 bridgehead atoms. The van der Waals surface area contributed by atoms with Crippen LogP contribution in [0.5, 0.6) is 0 Å². The van der Waals surface area contributed by atoms with Gasteiger partial charge in [-0.3, -0.25) is 0 Å². The van der Waals surface area contributed by atoms with E-state index in [1.807, 2.05) is 0 Å². The van der Waals surface area contributed by atoms with Crippen molar-refractivity contribution in [3.05, 3.63) is 6.07 Å². The highest BCUT2D eigenvalue weighted by Crippen LogP contribution is 2.19. The molecule has 0 spiro atoms. The van der Waals surface area contributed by atoms with Gasteiger partial charge in [0.1, 0.15) is 10.8 Å². The molecule has 1 aromatic heterocycles. The summed E-state index contributed by atoms with van der Waals surface area (Å²) < 4.78 is 0. The monoisotopic (exact) mass is 226 g/mol. The first-order valence-electron chi connectivity index (χ1n) is 5.25. The molecule has 1 aromatic rings. The molecule has 15 heavy (non-hydrogen) atoms. The Labute approximate surface area is 94.9 Å². The Kier molecular flexibility index (Phi) is 5.25. The van der Waals surface area contributed by atoms with E-state index in [9.17, 15) is 0 Å². The lowest BCUT2D eigenvalue weighted by Crippen LogP contribution is -2.00. The maximum Gasteiger partial charge on any atom is 0.223 e. The second-order valence-electron chi connectivity index (χ2n) is 3.40. The summed E-state index contributed by atoms with van der Waals surface area (Å²) in [6, 6.07) is 1.76. The SMILES string of the molecule is CCCCCCSc1cc(N)nc(N)n1. The average molecular weight is 226 g/mol. The number of nitrogens with zero attached hydrogens (tertiary/aromatic N) is 2. The van der Waals surface area contributed by atoms with E-state index >= 15 is 0 Å². The molecule has 0 aliphatic rings. The predicted molar refractivity (Wildman–Crippen MR) is 65.7 cm³/mol. The Balaban J connectivity index is 2.31. The zero-order chi connectivity index (χ0) is 11.1. The third-order valence-electron chi connectivity index (χ3n) is 1.99. The minimum atomic E-state index is 0.256. The largest absolute Gasteiger partial charge is 0.383 e. The predicted octanol–water partition coefficient (Wildman–Crippen LogP) is 2.31. The Hall–Kier alpha value is -0.970. The van der Waals surface area contributed by atoms with Crippen LogP contribution >= 0.6 is 11.8 Å². The van der Waals surface area contributed by atoms with Crippen molar-refractivity contribution in [3.63, 3.8) is 0 Å². The van der Waals surface area contributed by atoms with Gasteiger partial charge in [0.2, 0.25) is 5.95 Å². The number of nitrogens with two attached hydrogens (primary N) is 2. The van der Waals surface area contributed by atoms with E-state index in [1.165, 1.54) is 25.7 Å².